The smallest absolute Gasteiger partial charge is 0.242 e. The number of hydrogen-bond donors (Lipinski definition) is 2. The maximum absolute atomic E-state index is 12.5. The molecule has 1 aromatic carbocycles. The highest BCUT2D eigenvalue weighted by Gasteiger charge is 2.29. The highest BCUT2D eigenvalue weighted by molar-refractivity contribution is 7.89. The first-order valence-corrected chi connectivity index (χ1v) is 8.76. The molecule has 0 aromatic heterocycles. The molecule has 0 aliphatic heterocycles. The van der Waals surface area contributed by atoms with E-state index in [-0.39, 0.29) is 34.0 Å². The number of nitriles is 1. The molecule has 5 nitrogen and oxygen atoms in total. The number of nitrogens with zero attached hydrogens (tertiary/aromatic N) is 1. The second-order valence-corrected chi connectivity index (χ2v) is 7.38. The van der Waals surface area contributed by atoms with E-state index in [2.05, 4.69) is 4.72 Å². The minimum absolute atomic E-state index is 0.0779. The van der Waals surface area contributed by atoms with Crippen LogP contribution in [-0.2, 0) is 10.0 Å². The van der Waals surface area contributed by atoms with Crippen LogP contribution < -0.4 is 10.5 Å². The summed E-state index contributed by atoms with van der Waals surface area (Å²) in [5.74, 6) is 0.259. The molecule has 1 aromatic rings. The molecule has 1 saturated carbocycles. The fraction of sp³-hybridized carbons (Fsp3) is 0.500. The van der Waals surface area contributed by atoms with Gasteiger partial charge in [-0.3, -0.25) is 0 Å². The predicted molar refractivity (Wildman–Crippen MR) is 81.3 cm³/mol. The van der Waals surface area contributed by atoms with Crippen molar-refractivity contribution in [3.63, 3.8) is 0 Å². The second kappa shape index (κ2) is 6.75. The number of nitrogens with one attached hydrogen (secondary N) is 1. The summed E-state index contributed by atoms with van der Waals surface area (Å²) in [6.45, 7) is 0.242. The van der Waals surface area contributed by atoms with Crippen molar-refractivity contribution in [2.75, 3.05) is 6.54 Å². The van der Waals surface area contributed by atoms with E-state index in [9.17, 15) is 8.42 Å². The maximum Gasteiger partial charge on any atom is 0.242 e. The lowest BCUT2D eigenvalue weighted by Gasteiger charge is -2.23. The lowest BCUT2D eigenvalue weighted by molar-refractivity contribution is 0.405. The quantitative estimate of drug-likeness (QED) is 0.864. The second-order valence-electron chi connectivity index (χ2n) is 5.26. The average molecular weight is 328 g/mol. The monoisotopic (exact) mass is 327 g/mol. The Kier molecular flexibility index (Phi) is 5.22. The van der Waals surface area contributed by atoms with Gasteiger partial charge in [0.15, 0.2) is 0 Å². The van der Waals surface area contributed by atoms with Crippen LogP contribution in [0.1, 0.15) is 31.2 Å². The minimum Gasteiger partial charge on any atom is -0.329 e. The van der Waals surface area contributed by atoms with Crippen molar-refractivity contribution < 1.29 is 8.42 Å². The maximum atomic E-state index is 12.5. The first kappa shape index (κ1) is 16.2. The van der Waals surface area contributed by atoms with Gasteiger partial charge in [0, 0.05) is 17.6 Å². The van der Waals surface area contributed by atoms with Crippen LogP contribution in [0, 0.1) is 17.2 Å². The van der Waals surface area contributed by atoms with E-state index in [1.54, 1.807) is 0 Å². The highest BCUT2D eigenvalue weighted by Crippen LogP contribution is 2.29. The summed E-state index contributed by atoms with van der Waals surface area (Å²) in [6, 6.07) is 5.78. The summed E-state index contributed by atoms with van der Waals surface area (Å²) in [5, 5.41) is 9.34. The summed E-state index contributed by atoms with van der Waals surface area (Å²) in [6.07, 6.45) is 4.16. The topological polar surface area (TPSA) is 96.0 Å². The SMILES string of the molecule is N#Cc1ccc(Cl)cc1S(=O)(=O)NC(CN)C1CCCC1. The van der Waals surface area contributed by atoms with Gasteiger partial charge >= 0.3 is 0 Å². The van der Waals surface area contributed by atoms with Gasteiger partial charge < -0.3 is 5.73 Å². The van der Waals surface area contributed by atoms with Gasteiger partial charge in [0.1, 0.15) is 11.0 Å². The molecular weight excluding hydrogens is 310 g/mol. The van der Waals surface area contributed by atoms with Crippen molar-refractivity contribution in [1.29, 1.82) is 5.26 Å². The highest BCUT2D eigenvalue weighted by atomic mass is 35.5. The van der Waals surface area contributed by atoms with Crippen LogP contribution in [0.4, 0.5) is 0 Å². The largest absolute Gasteiger partial charge is 0.329 e. The molecule has 21 heavy (non-hydrogen) atoms. The molecule has 0 heterocycles. The zero-order valence-electron chi connectivity index (χ0n) is 11.5. The van der Waals surface area contributed by atoms with E-state index in [0.29, 0.717) is 0 Å². The van der Waals surface area contributed by atoms with Gasteiger partial charge in [-0.15, -0.1) is 0 Å². The molecule has 7 heteroatoms. The lowest BCUT2D eigenvalue weighted by atomic mass is 9.99. The zero-order chi connectivity index (χ0) is 15.5. The Labute approximate surface area is 130 Å². The first-order chi connectivity index (χ1) is 9.97. The fourth-order valence-electron chi connectivity index (χ4n) is 2.77. The molecule has 0 amide bonds. The van der Waals surface area contributed by atoms with E-state index >= 15 is 0 Å². The molecule has 0 saturated heterocycles. The van der Waals surface area contributed by atoms with Gasteiger partial charge in [-0.05, 0) is 37.0 Å². The summed E-state index contributed by atoms with van der Waals surface area (Å²) < 4.78 is 27.7. The minimum atomic E-state index is -3.81. The van der Waals surface area contributed by atoms with Crippen LogP contribution in [0.5, 0.6) is 0 Å². The van der Waals surface area contributed by atoms with Crippen LogP contribution in [0.25, 0.3) is 0 Å². The molecule has 1 atom stereocenters. The zero-order valence-corrected chi connectivity index (χ0v) is 13.1. The van der Waals surface area contributed by atoms with Crippen LogP contribution in [-0.4, -0.2) is 21.0 Å². The van der Waals surface area contributed by atoms with Crippen LogP contribution in [0.2, 0.25) is 5.02 Å². The fourth-order valence-corrected chi connectivity index (χ4v) is 4.51. The molecular formula is C14H18ClN3O2S. The number of hydrogen-bond acceptors (Lipinski definition) is 4. The third-order valence-electron chi connectivity index (χ3n) is 3.88. The Hall–Kier alpha value is -1.13. The molecule has 2 rings (SSSR count). The Morgan fingerprint density at radius 2 is 2.10 bits per heavy atom. The molecule has 0 spiro atoms. The molecule has 0 bridgehead atoms. The summed E-state index contributed by atoms with van der Waals surface area (Å²) in [4.78, 5) is -0.0889. The molecule has 3 N–H and O–H groups in total. The van der Waals surface area contributed by atoms with Crippen molar-refractivity contribution in [2.45, 2.75) is 36.6 Å². The van der Waals surface area contributed by atoms with Crippen molar-refractivity contribution in [3.05, 3.63) is 28.8 Å². The van der Waals surface area contributed by atoms with E-state index < -0.39 is 10.0 Å². The van der Waals surface area contributed by atoms with Crippen LogP contribution in [0.3, 0.4) is 0 Å². The predicted octanol–water partition coefficient (Wildman–Crippen LogP) is 2.01. The first-order valence-electron chi connectivity index (χ1n) is 6.90. The van der Waals surface area contributed by atoms with Gasteiger partial charge in [0.2, 0.25) is 10.0 Å². The molecule has 1 unspecified atom stereocenters. The third kappa shape index (κ3) is 3.74. The van der Waals surface area contributed by atoms with Crippen LogP contribution in [0.15, 0.2) is 23.1 Å². The van der Waals surface area contributed by atoms with E-state index in [1.165, 1.54) is 18.2 Å². The lowest BCUT2D eigenvalue weighted by Crippen LogP contribution is -2.44. The van der Waals surface area contributed by atoms with E-state index in [4.69, 9.17) is 22.6 Å². The van der Waals surface area contributed by atoms with Crippen molar-refractivity contribution in [2.24, 2.45) is 11.7 Å². The molecule has 114 valence electrons. The van der Waals surface area contributed by atoms with Gasteiger partial charge in [-0.2, -0.15) is 5.26 Å². The van der Waals surface area contributed by atoms with Crippen LogP contribution >= 0.6 is 11.6 Å². The molecule has 1 aliphatic rings. The Morgan fingerprint density at radius 3 is 2.67 bits per heavy atom. The Bertz CT molecular complexity index is 649. The summed E-state index contributed by atoms with van der Waals surface area (Å²) in [5.41, 5.74) is 5.80. The number of rotatable bonds is 5. The third-order valence-corrected chi connectivity index (χ3v) is 5.65. The van der Waals surface area contributed by atoms with Gasteiger partial charge in [0.25, 0.3) is 0 Å². The van der Waals surface area contributed by atoms with E-state index in [1.807, 2.05) is 6.07 Å². The molecule has 1 fully saturated rings. The number of benzene rings is 1. The van der Waals surface area contributed by atoms with Crippen molar-refractivity contribution in [1.82, 2.24) is 4.72 Å². The number of sulfonamides is 1. The average Bonchev–Trinajstić information content (AvgIpc) is 2.99. The summed E-state index contributed by atoms with van der Waals surface area (Å²) >= 11 is 5.85. The van der Waals surface area contributed by atoms with Gasteiger partial charge in [-0.1, -0.05) is 24.4 Å². The normalized spacial score (nSPS) is 17.6. The Balaban J connectivity index is 2.29. The molecule has 1 aliphatic carbocycles. The standard InChI is InChI=1S/C14H18ClN3O2S/c15-12-6-5-11(8-16)14(7-12)21(19,20)18-13(9-17)10-3-1-2-4-10/h5-7,10,13,18H,1-4,9,17H2. The number of halogens is 1. The Morgan fingerprint density at radius 1 is 1.43 bits per heavy atom. The summed E-state index contributed by atoms with van der Waals surface area (Å²) in [7, 11) is -3.81. The van der Waals surface area contributed by atoms with E-state index in [0.717, 1.165) is 25.7 Å². The molecule has 0 radical (unpaired) electrons. The number of nitrogens with two attached hydrogens (primary N) is 1. The van der Waals surface area contributed by atoms with Crippen molar-refractivity contribution >= 4 is 21.6 Å². The van der Waals surface area contributed by atoms with Gasteiger partial charge in [0.05, 0.1) is 5.56 Å². The van der Waals surface area contributed by atoms with Crippen molar-refractivity contribution in [3.8, 4) is 6.07 Å². The van der Waals surface area contributed by atoms with Gasteiger partial charge in [-0.25, -0.2) is 13.1 Å².